The molecule has 16 heavy (non-hydrogen) atoms. The molecule has 0 aromatic heterocycles. The summed E-state index contributed by atoms with van der Waals surface area (Å²) in [6.45, 7) is 8.20. The number of piperidine rings is 1. The highest BCUT2D eigenvalue weighted by Crippen LogP contribution is 2.29. The van der Waals surface area contributed by atoms with Crippen LogP contribution in [0.5, 0.6) is 0 Å². The van der Waals surface area contributed by atoms with Crippen LogP contribution in [0.4, 0.5) is 10.1 Å². The lowest BCUT2D eigenvalue weighted by molar-refractivity contribution is 0.434. The van der Waals surface area contributed by atoms with Crippen LogP contribution in [0, 0.1) is 25.6 Å². The van der Waals surface area contributed by atoms with Crippen molar-refractivity contribution in [1.82, 2.24) is 0 Å². The van der Waals surface area contributed by atoms with Gasteiger partial charge in [-0.05, 0) is 49.8 Å². The minimum Gasteiger partial charge on any atom is -0.369 e. The van der Waals surface area contributed by atoms with Crippen LogP contribution in [-0.4, -0.2) is 13.1 Å². The van der Waals surface area contributed by atoms with Gasteiger partial charge in [-0.3, -0.25) is 0 Å². The van der Waals surface area contributed by atoms with Crippen LogP contribution >= 0.6 is 0 Å². The largest absolute Gasteiger partial charge is 0.369 e. The van der Waals surface area contributed by atoms with Crippen LogP contribution in [-0.2, 0) is 0 Å². The van der Waals surface area contributed by atoms with Crippen molar-refractivity contribution < 1.29 is 4.39 Å². The lowest BCUT2D eigenvalue weighted by Crippen LogP contribution is -2.33. The number of rotatable bonds is 1. The number of hydrogen-bond donors (Lipinski definition) is 0. The lowest BCUT2D eigenvalue weighted by atomic mass is 9.97. The molecule has 0 N–H and O–H groups in total. The second kappa shape index (κ2) is 4.44. The first-order valence-electron chi connectivity index (χ1n) is 6.09. The number of nitrogens with zero attached hydrogens (tertiary/aromatic N) is 1. The topological polar surface area (TPSA) is 3.24 Å². The van der Waals surface area contributed by atoms with Gasteiger partial charge >= 0.3 is 0 Å². The standard InChI is InChI=1S/C14H20FN/c1-10-4-6-16(7-5-10)14-12(3)8-11(2)9-13(14)15/h8-10H,4-7H2,1-3H3. The minimum absolute atomic E-state index is 0.0629. The van der Waals surface area contributed by atoms with Gasteiger partial charge in [-0.25, -0.2) is 4.39 Å². The molecule has 2 heteroatoms. The first-order chi connectivity index (χ1) is 7.58. The number of benzene rings is 1. The summed E-state index contributed by atoms with van der Waals surface area (Å²) in [5.41, 5.74) is 2.88. The fourth-order valence-electron chi connectivity index (χ4n) is 2.54. The fraction of sp³-hybridized carbons (Fsp3) is 0.571. The maximum atomic E-state index is 14.0. The van der Waals surface area contributed by atoms with Crippen molar-refractivity contribution in [3.8, 4) is 0 Å². The SMILES string of the molecule is Cc1cc(C)c(N2CCC(C)CC2)c(F)c1. The van der Waals surface area contributed by atoms with Crippen LogP contribution in [0.15, 0.2) is 12.1 Å². The zero-order valence-corrected chi connectivity index (χ0v) is 10.4. The predicted molar refractivity (Wildman–Crippen MR) is 66.5 cm³/mol. The maximum Gasteiger partial charge on any atom is 0.147 e. The van der Waals surface area contributed by atoms with Crippen molar-refractivity contribution in [3.63, 3.8) is 0 Å². The number of aryl methyl sites for hydroxylation is 2. The van der Waals surface area contributed by atoms with E-state index in [9.17, 15) is 4.39 Å². The van der Waals surface area contributed by atoms with Crippen molar-refractivity contribution in [2.75, 3.05) is 18.0 Å². The van der Waals surface area contributed by atoms with Gasteiger partial charge in [0, 0.05) is 13.1 Å². The molecule has 1 saturated heterocycles. The van der Waals surface area contributed by atoms with E-state index in [1.165, 1.54) is 12.8 Å². The van der Waals surface area contributed by atoms with Gasteiger partial charge in [-0.15, -0.1) is 0 Å². The molecule has 1 aromatic rings. The second-order valence-corrected chi connectivity index (χ2v) is 5.08. The van der Waals surface area contributed by atoms with Gasteiger partial charge in [-0.1, -0.05) is 13.0 Å². The van der Waals surface area contributed by atoms with E-state index in [1.54, 1.807) is 6.07 Å². The van der Waals surface area contributed by atoms with Gasteiger partial charge in [0.25, 0.3) is 0 Å². The normalized spacial score (nSPS) is 17.9. The first kappa shape index (κ1) is 11.4. The Kier molecular flexibility index (Phi) is 3.17. The Morgan fingerprint density at radius 3 is 2.38 bits per heavy atom. The average molecular weight is 221 g/mol. The molecule has 2 rings (SSSR count). The molecule has 1 aliphatic heterocycles. The third kappa shape index (κ3) is 2.21. The molecular formula is C14H20FN. The Morgan fingerprint density at radius 1 is 1.19 bits per heavy atom. The average Bonchev–Trinajstić information content (AvgIpc) is 2.19. The molecule has 1 heterocycles. The molecule has 1 aromatic carbocycles. The quantitative estimate of drug-likeness (QED) is 0.699. The summed E-state index contributed by atoms with van der Waals surface area (Å²) in [6, 6.07) is 3.71. The monoisotopic (exact) mass is 221 g/mol. The van der Waals surface area contributed by atoms with Gasteiger partial charge in [0.2, 0.25) is 0 Å². The highest BCUT2D eigenvalue weighted by Gasteiger charge is 2.20. The third-order valence-corrected chi connectivity index (χ3v) is 3.50. The molecule has 0 spiro atoms. The van der Waals surface area contributed by atoms with Crippen LogP contribution in [0.3, 0.4) is 0 Å². The van der Waals surface area contributed by atoms with E-state index in [4.69, 9.17) is 0 Å². The highest BCUT2D eigenvalue weighted by atomic mass is 19.1. The van der Waals surface area contributed by atoms with Crippen molar-refractivity contribution in [1.29, 1.82) is 0 Å². The zero-order chi connectivity index (χ0) is 11.7. The van der Waals surface area contributed by atoms with E-state index >= 15 is 0 Å². The summed E-state index contributed by atoms with van der Waals surface area (Å²) >= 11 is 0. The van der Waals surface area contributed by atoms with E-state index in [0.29, 0.717) is 0 Å². The van der Waals surface area contributed by atoms with Gasteiger partial charge < -0.3 is 4.90 Å². The van der Waals surface area contributed by atoms with E-state index in [2.05, 4.69) is 17.9 Å². The Hall–Kier alpha value is -1.05. The summed E-state index contributed by atoms with van der Waals surface area (Å²) in [5.74, 6) is 0.720. The third-order valence-electron chi connectivity index (χ3n) is 3.50. The minimum atomic E-state index is -0.0629. The molecule has 0 unspecified atom stereocenters. The van der Waals surface area contributed by atoms with Crippen LogP contribution in [0.1, 0.15) is 30.9 Å². The van der Waals surface area contributed by atoms with Crippen molar-refractivity contribution in [3.05, 3.63) is 29.1 Å². The zero-order valence-electron chi connectivity index (χ0n) is 10.4. The van der Waals surface area contributed by atoms with Gasteiger partial charge in [0.1, 0.15) is 5.82 Å². The number of hydrogen-bond acceptors (Lipinski definition) is 1. The highest BCUT2D eigenvalue weighted by molar-refractivity contribution is 5.55. The van der Waals surface area contributed by atoms with Crippen LogP contribution in [0.25, 0.3) is 0 Å². The Labute approximate surface area is 97.3 Å². The van der Waals surface area contributed by atoms with Crippen molar-refractivity contribution in [2.45, 2.75) is 33.6 Å². The van der Waals surface area contributed by atoms with Crippen molar-refractivity contribution >= 4 is 5.69 Å². The summed E-state index contributed by atoms with van der Waals surface area (Å²) in [5, 5.41) is 0. The molecule has 0 atom stereocenters. The Bertz CT molecular complexity index is 355. The van der Waals surface area contributed by atoms with Gasteiger partial charge in [-0.2, -0.15) is 0 Å². The van der Waals surface area contributed by atoms with E-state index in [-0.39, 0.29) is 5.82 Å². The number of anilines is 1. The molecular weight excluding hydrogens is 201 g/mol. The fourth-order valence-corrected chi connectivity index (χ4v) is 2.54. The molecule has 0 amide bonds. The Balaban J connectivity index is 2.26. The molecule has 0 aliphatic carbocycles. The molecule has 88 valence electrons. The Morgan fingerprint density at radius 2 is 1.81 bits per heavy atom. The lowest BCUT2D eigenvalue weighted by Gasteiger charge is -2.33. The molecule has 1 fully saturated rings. The van der Waals surface area contributed by atoms with E-state index < -0.39 is 0 Å². The molecule has 0 radical (unpaired) electrons. The summed E-state index contributed by atoms with van der Waals surface area (Å²) in [7, 11) is 0. The number of halogens is 1. The van der Waals surface area contributed by atoms with Gasteiger partial charge in [0.15, 0.2) is 0 Å². The predicted octanol–water partition coefficient (Wildman–Crippen LogP) is 3.68. The smallest absolute Gasteiger partial charge is 0.147 e. The summed E-state index contributed by atoms with van der Waals surface area (Å²) < 4.78 is 14.0. The van der Waals surface area contributed by atoms with Crippen LogP contribution in [0.2, 0.25) is 0 Å². The summed E-state index contributed by atoms with van der Waals surface area (Å²) in [4.78, 5) is 2.20. The van der Waals surface area contributed by atoms with Crippen LogP contribution < -0.4 is 4.90 Å². The molecule has 0 saturated carbocycles. The van der Waals surface area contributed by atoms with Gasteiger partial charge in [0.05, 0.1) is 5.69 Å². The molecule has 0 bridgehead atoms. The van der Waals surface area contributed by atoms with Crippen molar-refractivity contribution in [2.24, 2.45) is 5.92 Å². The second-order valence-electron chi connectivity index (χ2n) is 5.08. The summed E-state index contributed by atoms with van der Waals surface area (Å²) in [6.07, 6.45) is 2.35. The first-order valence-corrected chi connectivity index (χ1v) is 6.09. The van der Waals surface area contributed by atoms with E-state index in [1.807, 2.05) is 13.8 Å². The van der Waals surface area contributed by atoms with E-state index in [0.717, 1.165) is 35.8 Å². The molecule has 1 aliphatic rings. The maximum absolute atomic E-state index is 14.0. The molecule has 1 nitrogen and oxygen atoms in total.